The first-order valence-corrected chi connectivity index (χ1v) is 12.4. The fraction of sp³-hybridized carbons (Fsp3) is 0.500. The van der Waals surface area contributed by atoms with Gasteiger partial charge in [0.1, 0.15) is 0 Å². The number of aliphatic hydroxyl groups is 1. The molecule has 0 bridgehead atoms. The van der Waals surface area contributed by atoms with Crippen molar-refractivity contribution in [2.75, 3.05) is 55.6 Å². The smallest absolute Gasteiger partial charge is 0.172 e. The minimum atomic E-state index is -0.176. The molecule has 0 atom stereocenters. The average molecular weight is 468 g/mol. The van der Waals surface area contributed by atoms with Gasteiger partial charge in [-0.3, -0.25) is 4.90 Å². The molecule has 2 aliphatic rings. The van der Waals surface area contributed by atoms with Gasteiger partial charge >= 0.3 is 0 Å². The van der Waals surface area contributed by atoms with Crippen LogP contribution in [0.15, 0.2) is 54.4 Å². The molecule has 0 saturated carbocycles. The molecule has 1 N–H and O–H groups in total. The van der Waals surface area contributed by atoms with Crippen LogP contribution in [0, 0.1) is 6.92 Å². The first kappa shape index (κ1) is 25.4. The normalized spacial score (nSPS) is 18.0. The number of piperazine rings is 1. The number of anilines is 2. The summed E-state index contributed by atoms with van der Waals surface area (Å²) in [6, 6.07) is 10.3. The van der Waals surface area contributed by atoms with Crippen LogP contribution >= 0.6 is 8.86 Å². The van der Waals surface area contributed by atoms with Crippen molar-refractivity contribution in [3.8, 4) is 0 Å². The Hall–Kier alpha value is -2.27. The number of aliphatic hydroxyl groups excluding tert-OH is 1. The van der Waals surface area contributed by atoms with E-state index in [2.05, 4.69) is 72.5 Å². The van der Waals surface area contributed by atoms with Crippen molar-refractivity contribution < 1.29 is 5.11 Å². The zero-order valence-corrected chi connectivity index (χ0v) is 21.2. The van der Waals surface area contributed by atoms with Crippen LogP contribution < -0.4 is 9.80 Å². The Morgan fingerprint density at radius 3 is 1.97 bits per heavy atom. The highest BCUT2D eigenvalue weighted by molar-refractivity contribution is 7.22. The molecular formula is C26H38N5OP. The van der Waals surface area contributed by atoms with E-state index >= 15 is 0 Å². The summed E-state index contributed by atoms with van der Waals surface area (Å²) in [5, 5.41) is 11.0. The number of aryl methyl sites for hydroxylation is 1. The van der Waals surface area contributed by atoms with Crippen molar-refractivity contribution >= 4 is 25.8 Å². The summed E-state index contributed by atoms with van der Waals surface area (Å²) in [6.45, 7) is 12.9. The summed E-state index contributed by atoms with van der Waals surface area (Å²) >= 11 is 0. The Kier molecular flexibility index (Phi) is 9.86. The van der Waals surface area contributed by atoms with Gasteiger partial charge in [-0.05, 0) is 44.5 Å². The number of aromatic nitrogens is 2. The second kappa shape index (κ2) is 12.8. The first-order chi connectivity index (χ1) is 16.0. The minimum Gasteiger partial charge on any atom is -0.393 e. The number of allylic oxidation sites excluding steroid dienone is 1. The molecular weight excluding hydrogens is 429 g/mol. The van der Waals surface area contributed by atoms with Gasteiger partial charge in [-0.25, -0.2) is 9.97 Å². The molecule has 0 radical (unpaired) electrons. The number of hydrogen-bond acceptors (Lipinski definition) is 6. The molecule has 2 fully saturated rings. The van der Waals surface area contributed by atoms with Crippen LogP contribution in [0.4, 0.5) is 11.6 Å². The minimum absolute atomic E-state index is 0.176. The zero-order chi connectivity index (χ0) is 23.6. The third kappa shape index (κ3) is 7.63. The van der Waals surface area contributed by atoms with E-state index in [9.17, 15) is 5.11 Å². The third-order valence-corrected chi connectivity index (χ3v) is 6.58. The topological polar surface area (TPSA) is 55.7 Å². The number of hydrogen-bond donors (Lipinski definition) is 1. The molecule has 4 rings (SSSR count). The Balaban J connectivity index is 0.000000374. The van der Waals surface area contributed by atoms with Gasteiger partial charge in [-0.2, -0.15) is 0 Å². The Morgan fingerprint density at radius 2 is 1.52 bits per heavy atom. The highest BCUT2D eigenvalue weighted by Gasteiger charge is 2.25. The van der Waals surface area contributed by atoms with E-state index in [-0.39, 0.29) is 6.10 Å². The van der Waals surface area contributed by atoms with Crippen LogP contribution in [0.1, 0.15) is 32.3 Å². The van der Waals surface area contributed by atoms with E-state index in [0.29, 0.717) is 0 Å². The summed E-state index contributed by atoms with van der Waals surface area (Å²) in [6.07, 6.45) is 7.17. The second-order valence-corrected chi connectivity index (χ2v) is 9.53. The van der Waals surface area contributed by atoms with E-state index in [1.165, 1.54) is 16.4 Å². The fourth-order valence-corrected chi connectivity index (χ4v) is 4.39. The Labute approximate surface area is 201 Å². The fourth-order valence-electron chi connectivity index (χ4n) is 4.17. The molecule has 33 heavy (non-hydrogen) atoms. The van der Waals surface area contributed by atoms with Crippen LogP contribution in [-0.2, 0) is 0 Å². The monoisotopic (exact) mass is 467 g/mol. The molecule has 7 heteroatoms. The van der Waals surface area contributed by atoms with Crippen molar-refractivity contribution in [3.05, 3.63) is 59.9 Å². The average Bonchev–Trinajstić information content (AvgIpc) is 2.84. The number of piperidine rings is 1. The van der Waals surface area contributed by atoms with Crippen molar-refractivity contribution in [2.45, 2.75) is 39.7 Å². The van der Waals surface area contributed by atoms with Crippen molar-refractivity contribution in [1.29, 1.82) is 0 Å². The molecule has 2 aliphatic heterocycles. The maximum atomic E-state index is 9.76. The number of rotatable bonds is 5. The van der Waals surface area contributed by atoms with E-state index in [4.69, 9.17) is 0 Å². The lowest BCUT2D eigenvalue weighted by molar-refractivity contribution is 0.145. The number of benzene rings is 1. The summed E-state index contributed by atoms with van der Waals surface area (Å²) in [4.78, 5) is 16.4. The van der Waals surface area contributed by atoms with Gasteiger partial charge in [0.15, 0.2) is 11.6 Å². The van der Waals surface area contributed by atoms with Crippen LogP contribution in [0.5, 0.6) is 0 Å². The van der Waals surface area contributed by atoms with Crippen LogP contribution in [0.3, 0.4) is 0 Å². The highest BCUT2D eigenvalue weighted by Crippen LogP contribution is 2.28. The Morgan fingerprint density at radius 1 is 0.970 bits per heavy atom. The molecule has 1 aromatic heterocycles. The molecule has 1 aromatic carbocycles. The van der Waals surface area contributed by atoms with Crippen molar-refractivity contribution in [1.82, 2.24) is 14.9 Å². The number of nitrogens with zero attached hydrogens (tertiary/aromatic N) is 5. The van der Waals surface area contributed by atoms with Gasteiger partial charge in [0.25, 0.3) is 0 Å². The van der Waals surface area contributed by atoms with E-state index < -0.39 is 0 Å². The van der Waals surface area contributed by atoms with E-state index in [0.717, 1.165) is 70.3 Å². The molecule has 3 heterocycles. The SMILES string of the molecule is C/C=C(/CN1CCN(c2nccnc2N2CCC(O)CC2)CC1)C(C)=P.Cc1ccccc1. The molecule has 0 spiro atoms. The molecule has 2 aromatic rings. The van der Waals surface area contributed by atoms with Crippen molar-refractivity contribution in [2.24, 2.45) is 0 Å². The van der Waals surface area contributed by atoms with Gasteiger partial charge in [-0.1, -0.05) is 42.0 Å². The molecule has 0 amide bonds. The summed E-state index contributed by atoms with van der Waals surface area (Å²) in [5.41, 5.74) is 2.67. The van der Waals surface area contributed by atoms with Gasteiger partial charge in [0.2, 0.25) is 0 Å². The molecule has 178 valence electrons. The first-order valence-electron chi connectivity index (χ1n) is 11.9. The molecule has 0 unspecified atom stereocenters. The van der Waals surface area contributed by atoms with Crippen LogP contribution in [-0.4, -0.2) is 77.2 Å². The lowest BCUT2D eigenvalue weighted by Gasteiger charge is -2.38. The van der Waals surface area contributed by atoms with E-state index in [1.807, 2.05) is 18.2 Å². The Bertz CT molecular complexity index is 904. The van der Waals surface area contributed by atoms with Gasteiger partial charge in [-0.15, -0.1) is 8.86 Å². The quantitative estimate of drug-likeness (QED) is 0.675. The standard InChI is InChI=1S/C19H30N5OP.C7H8/c1-3-16(15(2)26)14-22-10-12-24(13-11-22)19-18(20-6-7-21-19)23-8-4-17(25)5-9-23;1-7-5-3-2-4-6-7/h3,6-7,17,25-26H,4-5,8-14H2,1-2H3;2-6H,1H3/b16-3-;. The van der Waals surface area contributed by atoms with Crippen molar-refractivity contribution in [3.63, 3.8) is 0 Å². The molecule has 6 nitrogen and oxygen atoms in total. The molecule has 0 aliphatic carbocycles. The lowest BCUT2D eigenvalue weighted by Crippen LogP contribution is -2.48. The van der Waals surface area contributed by atoms with Gasteiger partial charge < -0.3 is 14.9 Å². The van der Waals surface area contributed by atoms with Gasteiger partial charge in [0, 0.05) is 58.2 Å². The maximum Gasteiger partial charge on any atom is 0.172 e. The predicted octanol–water partition coefficient (Wildman–Crippen LogP) is 3.84. The largest absolute Gasteiger partial charge is 0.393 e. The predicted molar refractivity (Wildman–Crippen MR) is 142 cm³/mol. The summed E-state index contributed by atoms with van der Waals surface area (Å²) < 4.78 is 0. The summed E-state index contributed by atoms with van der Waals surface area (Å²) in [7, 11) is 3.66. The zero-order valence-electron chi connectivity index (χ0n) is 20.2. The van der Waals surface area contributed by atoms with E-state index in [1.54, 1.807) is 12.4 Å². The third-order valence-electron chi connectivity index (χ3n) is 6.26. The second-order valence-electron chi connectivity index (χ2n) is 8.78. The summed E-state index contributed by atoms with van der Waals surface area (Å²) in [5.74, 6) is 1.95. The van der Waals surface area contributed by atoms with Crippen LogP contribution in [0.2, 0.25) is 0 Å². The lowest BCUT2D eigenvalue weighted by atomic mass is 10.1. The molecule has 2 saturated heterocycles. The van der Waals surface area contributed by atoms with Crippen LogP contribution in [0.25, 0.3) is 0 Å². The van der Waals surface area contributed by atoms with Gasteiger partial charge in [0.05, 0.1) is 6.10 Å². The highest BCUT2D eigenvalue weighted by atomic mass is 31.0. The maximum absolute atomic E-state index is 9.76.